The summed E-state index contributed by atoms with van der Waals surface area (Å²) < 4.78 is 66.2. The predicted octanol–water partition coefficient (Wildman–Crippen LogP) is 5.67. The largest absolute Gasteiger partial charge is 0.456 e. The molecule has 1 aliphatic carbocycles. The minimum absolute atomic E-state index is 0.00951. The first-order valence-electron chi connectivity index (χ1n) is 11.0. The van der Waals surface area contributed by atoms with Crippen LogP contribution in [-0.2, 0) is 26.9 Å². The molecule has 1 aromatic rings. The summed E-state index contributed by atoms with van der Waals surface area (Å²) in [7, 11) is 0. The van der Waals surface area contributed by atoms with Gasteiger partial charge in [0.15, 0.2) is 0 Å². The lowest BCUT2D eigenvalue weighted by Gasteiger charge is -2.36. The summed E-state index contributed by atoms with van der Waals surface area (Å²) in [5.41, 5.74) is -2.38. The summed E-state index contributed by atoms with van der Waals surface area (Å²) in [5.74, 6) is -2.27. The third-order valence-electron chi connectivity index (χ3n) is 6.43. The number of halogens is 4. The molecule has 0 bridgehead atoms. The van der Waals surface area contributed by atoms with Gasteiger partial charge >= 0.3 is 12.1 Å². The van der Waals surface area contributed by atoms with Crippen molar-refractivity contribution >= 4 is 12.3 Å². The van der Waals surface area contributed by atoms with Crippen LogP contribution in [0.3, 0.4) is 0 Å². The quantitative estimate of drug-likeness (QED) is 0.230. The Morgan fingerprint density at radius 2 is 1.88 bits per heavy atom. The number of hydrogen-bond donors (Lipinski definition) is 0. The second-order valence-corrected chi connectivity index (χ2v) is 8.57. The second-order valence-electron chi connectivity index (χ2n) is 8.57. The van der Waals surface area contributed by atoms with Gasteiger partial charge in [-0.15, -0.1) is 6.58 Å². The van der Waals surface area contributed by atoms with Crippen LogP contribution in [0, 0.1) is 17.7 Å². The molecule has 0 N–H and O–H groups in total. The van der Waals surface area contributed by atoms with Gasteiger partial charge < -0.3 is 14.3 Å². The molecule has 3 rings (SSSR count). The van der Waals surface area contributed by atoms with Crippen molar-refractivity contribution in [2.45, 2.75) is 69.8 Å². The summed E-state index contributed by atoms with van der Waals surface area (Å²) in [6.07, 6.45) is 1.75. The SMILES string of the molecule is C=CCCc1ccc(C(=O)OC2CCC(C3CCC(C=O)CC3)OC2)c(F)c1C(F)(F)F. The number of hydrogen-bond acceptors (Lipinski definition) is 4. The number of ether oxygens (including phenoxy) is 2. The number of aldehydes is 1. The van der Waals surface area contributed by atoms with Crippen LogP contribution in [0.15, 0.2) is 24.8 Å². The first-order chi connectivity index (χ1) is 15.2. The van der Waals surface area contributed by atoms with Crippen LogP contribution in [0.5, 0.6) is 0 Å². The van der Waals surface area contributed by atoms with Crippen molar-refractivity contribution in [2.24, 2.45) is 11.8 Å². The van der Waals surface area contributed by atoms with Gasteiger partial charge in [-0.3, -0.25) is 0 Å². The van der Waals surface area contributed by atoms with Gasteiger partial charge in [0.25, 0.3) is 0 Å². The number of alkyl halides is 3. The Morgan fingerprint density at radius 1 is 1.16 bits per heavy atom. The average Bonchev–Trinajstić information content (AvgIpc) is 2.77. The third-order valence-corrected chi connectivity index (χ3v) is 6.43. The zero-order valence-electron chi connectivity index (χ0n) is 17.8. The Bertz CT molecular complexity index is 820. The zero-order chi connectivity index (χ0) is 23.3. The average molecular weight is 456 g/mol. The molecular weight excluding hydrogens is 428 g/mol. The molecule has 1 heterocycles. The molecule has 0 spiro atoms. The first-order valence-corrected chi connectivity index (χ1v) is 11.0. The monoisotopic (exact) mass is 456 g/mol. The van der Waals surface area contributed by atoms with E-state index in [4.69, 9.17) is 9.47 Å². The molecule has 2 atom stereocenters. The van der Waals surface area contributed by atoms with Crippen LogP contribution in [-0.4, -0.2) is 31.1 Å². The number of allylic oxidation sites excluding steroid dienone is 1. The third kappa shape index (κ3) is 5.77. The Kier molecular flexibility index (Phi) is 8.09. The molecule has 2 unspecified atom stereocenters. The van der Waals surface area contributed by atoms with Crippen LogP contribution in [0.1, 0.15) is 66.4 Å². The van der Waals surface area contributed by atoms with E-state index in [2.05, 4.69) is 6.58 Å². The van der Waals surface area contributed by atoms with E-state index in [1.54, 1.807) is 0 Å². The molecule has 176 valence electrons. The highest BCUT2D eigenvalue weighted by atomic mass is 19.4. The number of esters is 1. The van der Waals surface area contributed by atoms with Gasteiger partial charge in [0.05, 0.1) is 23.8 Å². The summed E-state index contributed by atoms with van der Waals surface area (Å²) in [4.78, 5) is 23.4. The van der Waals surface area contributed by atoms with Gasteiger partial charge in [-0.25, -0.2) is 9.18 Å². The van der Waals surface area contributed by atoms with Crippen molar-refractivity contribution in [3.05, 3.63) is 47.3 Å². The topological polar surface area (TPSA) is 52.6 Å². The Hall–Kier alpha value is -2.22. The van der Waals surface area contributed by atoms with Crippen molar-refractivity contribution in [1.82, 2.24) is 0 Å². The molecule has 1 saturated carbocycles. The van der Waals surface area contributed by atoms with Gasteiger partial charge in [0.2, 0.25) is 0 Å². The summed E-state index contributed by atoms with van der Waals surface area (Å²) in [6, 6.07) is 2.17. The van der Waals surface area contributed by atoms with Crippen LogP contribution >= 0.6 is 0 Å². The standard InChI is InChI=1S/C24H28F4O4/c1-2-3-4-17-9-11-19(22(25)21(17)24(26,27)28)23(30)32-18-10-12-20(31-14-18)16-7-5-15(13-29)6-8-16/h2,9,11,13,15-16,18,20H,1,3-8,10,12,14H2. The normalized spacial score (nSPS) is 26.4. The van der Waals surface area contributed by atoms with Crippen LogP contribution in [0.25, 0.3) is 0 Å². The highest BCUT2D eigenvalue weighted by Gasteiger charge is 2.39. The van der Waals surface area contributed by atoms with Crippen molar-refractivity contribution < 1.29 is 36.6 Å². The van der Waals surface area contributed by atoms with Crippen molar-refractivity contribution in [3.8, 4) is 0 Å². The van der Waals surface area contributed by atoms with Crippen molar-refractivity contribution in [1.29, 1.82) is 0 Å². The molecule has 0 aromatic heterocycles. The molecule has 4 nitrogen and oxygen atoms in total. The number of carbonyl (C=O) groups is 2. The van der Waals surface area contributed by atoms with E-state index < -0.39 is 35.2 Å². The van der Waals surface area contributed by atoms with Gasteiger partial charge in [0.1, 0.15) is 18.2 Å². The maximum atomic E-state index is 14.7. The fourth-order valence-electron chi connectivity index (χ4n) is 4.63. The van der Waals surface area contributed by atoms with E-state index in [1.807, 2.05) is 0 Å². The van der Waals surface area contributed by atoms with Crippen LogP contribution in [0.2, 0.25) is 0 Å². The maximum absolute atomic E-state index is 14.7. The molecule has 1 aliphatic heterocycles. The van der Waals surface area contributed by atoms with Crippen LogP contribution < -0.4 is 0 Å². The van der Waals surface area contributed by atoms with Gasteiger partial charge in [-0.2, -0.15) is 13.2 Å². The first kappa shape index (κ1) is 24.4. The zero-order valence-corrected chi connectivity index (χ0v) is 17.8. The van der Waals surface area contributed by atoms with E-state index in [0.29, 0.717) is 18.8 Å². The lowest BCUT2D eigenvalue weighted by Crippen LogP contribution is -2.38. The molecule has 8 heteroatoms. The summed E-state index contributed by atoms with van der Waals surface area (Å²) in [6.45, 7) is 3.59. The summed E-state index contributed by atoms with van der Waals surface area (Å²) in [5, 5.41) is 0. The minimum atomic E-state index is -4.93. The lowest BCUT2D eigenvalue weighted by molar-refractivity contribution is -0.140. The van der Waals surface area contributed by atoms with E-state index in [9.17, 15) is 27.2 Å². The predicted molar refractivity (Wildman–Crippen MR) is 110 cm³/mol. The number of carbonyl (C=O) groups excluding carboxylic acids is 2. The molecule has 0 amide bonds. The molecule has 32 heavy (non-hydrogen) atoms. The van der Waals surface area contributed by atoms with E-state index >= 15 is 0 Å². The van der Waals surface area contributed by atoms with Crippen molar-refractivity contribution in [2.75, 3.05) is 6.61 Å². The van der Waals surface area contributed by atoms with Crippen molar-refractivity contribution in [3.63, 3.8) is 0 Å². The number of aryl methyl sites for hydroxylation is 1. The highest BCUT2D eigenvalue weighted by molar-refractivity contribution is 5.90. The fourth-order valence-corrected chi connectivity index (χ4v) is 4.63. The summed E-state index contributed by atoms with van der Waals surface area (Å²) >= 11 is 0. The van der Waals surface area contributed by atoms with Gasteiger partial charge in [0, 0.05) is 5.92 Å². The highest BCUT2D eigenvalue weighted by Crippen LogP contribution is 2.37. The second kappa shape index (κ2) is 10.6. The Labute approximate surface area is 185 Å². The Morgan fingerprint density at radius 3 is 2.44 bits per heavy atom. The van der Waals surface area contributed by atoms with E-state index in [-0.39, 0.29) is 37.0 Å². The number of benzene rings is 1. The molecular formula is C24H28F4O4. The van der Waals surface area contributed by atoms with Crippen LogP contribution in [0.4, 0.5) is 17.6 Å². The molecule has 2 aliphatic rings. The van der Waals surface area contributed by atoms with Gasteiger partial charge in [-0.05, 0) is 68.9 Å². The molecule has 1 aromatic carbocycles. The van der Waals surface area contributed by atoms with Gasteiger partial charge in [-0.1, -0.05) is 12.1 Å². The lowest BCUT2D eigenvalue weighted by atomic mass is 9.78. The maximum Gasteiger partial charge on any atom is 0.419 e. The number of rotatable bonds is 7. The molecule has 0 radical (unpaired) electrons. The Balaban J connectivity index is 1.61. The van der Waals surface area contributed by atoms with E-state index in [0.717, 1.165) is 44.1 Å². The smallest absolute Gasteiger partial charge is 0.419 e. The van der Waals surface area contributed by atoms with E-state index in [1.165, 1.54) is 6.08 Å². The fraction of sp³-hybridized carbons (Fsp3) is 0.583. The molecule has 2 fully saturated rings. The minimum Gasteiger partial charge on any atom is -0.456 e. The molecule has 1 saturated heterocycles.